The van der Waals surface area contributed by atoms with Crippen molar-refractivity contribution in [1.82, 2.24) is 4.72 Å². The number of hydrogen-bond donors (Lipinski definition) is 3. The molecule has 31 heavy (non-hydrogen) atoms. The first kappa shape index (κ1) is 24.9. The van der Waals surface area contributed by atoms with E-state index < -0.39 is 10.0 Å². The molecule has 0 bridgehead atoms. The van der Waals surface area contributed by atoms with E-state index in [1.807, 2.05) is 42.5 Å². The van der Waals surface area contributed by atoms with E-state index in [4.69, 9.17) is 4.74 Å². The van der Waals surface area contributed by atoms with Gasteiger partial charge in [0.25, 0.3) is 0 Å². The predicted molar refractivity (Wildman–Crippen MR) is 128 cm³/mol. The van der Waals surface area contributed by atoms with Gasteiger partial charge in [-0.1, -0.05) is 49.9 Å². The van der Waals surface area contributed by atoms with Crippen LogP contribution in [0.5, 0.6) is 5.75 Å². The number of ether oxygens (including phenoxy) is 1. The first-order chi connectivity index (χ1) is 14.4. The van der Waals surface area contributed by atoms with E-state index in [0.29, 0.717) is 15.9 Å². The van der Waals surface area contributed by atoms with Gasteiger partial charge in [0.05, 0.1) is 24.7 Å². The van der Waals surface area contributed by atoms with Gasteiger partial charge in [-0.3, -0.25) is 0 Å². The van der Waals surface area contributed by atoms with Gasteiger partial charge in [0.2, 0.25) is 10.0 Å². The molecule has 166 valence electrons. The smallest absolute Gasteiger partial charge is 0.240 e. The molecule has 0 spiro atoms. The number of anilines is 1. The van der Waals surface area contributed by atoms with Crippen LogP contribution in [0.4, 0.5) is 5.69 Å². The predicted octanol–water partition coefficient (Wildman–Crippen LogP) is 4.72. The SMILES string of the molecule is C.COc1ccc(CNS(=O)(=O)c2ccc(N[C@H](CO)c3ccccc3)c(Br)c2)cc1. The van der Waals surface area contributed by atoms with E-state index in [2.05, 4.69) is 26.0 Å². The molecule has 3 N–H and O–H groups in total. The van der Waals surface area contributed by atoms with Crippen molar-refractivity contribution in [2.24, 2.45) is 0 Å². The lowest BCUT2D eigenvalue weighted by molar-refractivity contribution is 0.276. The number of aliphatic hydroxyl groups excluding tert-OH is 1. The van der Waals surface area contributed by atoms with E-state index in [-0.39, 0.29) is 31.5 Å². The standard InChI is InChI=1S/C22H23BrN2O4S.CH4/c1-29-18-9-7-16(8-10-18)14-24-30(27,28)19-11-12-21(20(23)13-19)25-22(15-26)17-5-3-2-4-6-17;/h2-13,22,24-26H,14-15H2,1H3;1H4/t22-;/m1./s1. The van der Waals surface area contributed by atoms with Gasteiger partial charge in [-0.05, 0) is 57.4 Å². The van der Waals surface area contributed by atoms with Crippen molar-refractivity contribution in [3.05, 3.63) is 88.4 Å². The van der Waals surface area contributed by atoms with Crippen LogP contribution in [0.2, 0.25) is 0 Å². The average molecular weight is 507 g/mol. The number of nitrogens with one attached hydrogen (secondary N) is 2. The van der Waals surface area contributed by atoms with Crippen molar-refractivity contribution >= 4 is 31.6 Å². The Morgan fingerprint density at radius 1 is 1.03 bits per heavy atom. The van der Waals surface area contributed by atoms with E-state index in [1.165, 1.54) is 12.1 Å². The van der Waals surface area contributed by atoms with Gasteiger partial charge in [0.15, 0.2) is 0 Å². The normalized spacial score (nSPS) is 12.0. The van der Waals surface area contributed by atoms with E-state index >= 15 is 0 Å². The summed E-state index contributed by atoms with van der Waals surface area (Å²) in [5.41, 5.74) is 2.45. The summed E-state index contributed by atoms with van der Waals surface area (Å²) in [5, 5.41) is 13.0. The maximum atomic E-state index is 12.7. The molecule has 3 rings (SSSR count). The van der Waals surface area contributed by atoms with Crippen LogP contribution in [-0.4, -0.2) is 27.2 Å². The lowest BCUT2D eigenvalue weighted by Gasteiger charge is -2.19. The number of sulfonamides is 1. The van der Waals surface area contributed by atoms with Crippen molar-refractivity contribution in [3.8, 4) is 5.75 Å². The average Bonchev–Trinajstić information content (AvgIpc) is 2.78. The molecule has 0 unspecified atom stereocenters. The molecule has 0 aliphatic heterocycles. The van der Waals surface area contributed by atoms with Gasteiger partial charge in [0, 0.05) is 16.7 Å². The number of rotatable bonds is 9. The van der Waals surface area contributed by atoms with Crippen LogP contribution in [0.3, 0.4) is 0 Å². The Morgan fingerprint density at radius 2 is 1.71 bits per heavy atom. The molecule has 0 saturated carbocycles. The molecule has 0 aromatic heterocycles. The third-order valence-corrected chi connectivity index (χ3v) is 6.65. The molecule has 0 aliphatic rings. The zero-order chi connectivity index (χ0) is 21.6. The lowest BCUT2D eigenvalue weighted by atomic mass is 10.1. The first-order valence-electron chi connectivity index (χ1n) is 9.27. The molecular formula is C23H27BrN2O4S. The molecule has 0 radical (unpaired) electrons. The molecule has 8 heteroatoms. The molecule has 0 amide bonds. The molecule has 1 atom stereocenters. The highest BCUT2D eigenvalue weighted by molar-refractivity contribution is 9.10. The van der Waals surface area contributed by atoms with Crippen LogP contribution in [0.25, 0.3) is 0 Å². The fourth-order valence-electron chi connectivity index (χ4n) is 2.89. The second-order valence-corrected chi connectivity index (χ2v) is 9.23. The monoisotopic (exact) mass is 506 g/mol. The Labute approximate surface area is 192 Å². The number of methoxy groups -OCH3 is 1. The van der Waals surface area contributed by atoms with E-state index in [0.717, 1.165) is 11.1 Å². The maximum absolute atomic E-state index is 12.7. The van der Waals surface area contributed by atoms with Gasteiger partial charge in [-0.25, -0.2) is 13.1 Å². The lowest BCUT2D eigenvalue weighted by Crippen LogP contribution is -2.23. The highest BCUT2D eigenvalue weighted by atomic mass is 79.9. The van der Waals surface area contributed by atoms with E-state index in [1.54, 1.807) is 25.3 Å². The van der Waals surface area contributed by atoms with Gasteiger partial charge < -0.3 is 15.2 Å². The van der Waals surface area contributed by atoms with Gasteiger partial charge in [0.1, 0.15) is 5.75 Å². The molecule has 6 nitrogen and oxygen atoms in total. The van der Waals surface area contributed by atoms with E-state index in [9.17, 15) is 13.5 Å². The molecular weight excluding hydrogens is 480 g/mol. The van der Waals surface area contributed by atoms with Crippen LogP contribution in [0.1, 0.15) is 24.6 Å². The third-order valence-electron chi connectivity index (χ3n) is 4.59. The Hall–Kier alpha value is -2.39. The minimum Gasteiger partial charge on any atom is -0.497 e. The molecule has 0 saturated heterocycles. The van der Waals surface area contributed by atoms with Gasteiger partial charge in [-0.15, -0.1) is 0 Å². The second kappa shape index (κ2) is 11.3. The van der Waals surface area contributed by atoms with Crippen LogP contribution in [0, 0.1) is 0 Å². The van der Waals surface area contributed by atoms with Gasteiger partial charge >= 0.3 is 0 Å². The minimum atomic E-state index is -3.69. The summed E-state index contributed by atoms with van der Waals surface area (Å²) in [7, 11) is -2.11. The summed E-state index contributed by atoms with van der Waals surface area (Å²) < 4.78 is 33.6. The maximum Gasteiger partial charge on any atom is 0.240 e. The highest BCUT2D eigenvalue weighted by Gasteiger charge is 2.17. The van der Waals surface area contributed by atoms with Crippen molar-refractivity contribution in [2.45, 2.75) is 24.9 Å². The zero-order valence-electron chi connectivity index (χ0n) is 16.4. The number of hydrogen-bond acceptors (Lipinski definition) is 5. The highest BCUT2D eigenvalue weighted by Crippen LogP contribution is 2.29. The van der Waals surface area contributed by atoms with Crippen LogP contribution < -0.4 is 14.8 Å². The topological polar surface area (TPSA) is 87.7 Å². The summed E-state index contributed by atoms with van der Waals surface area (Å²) in [6, 6.07) is 21.2. The summed E-state index contributed by atoms with van der Waals surface area (Å²) in [6.07, 6.45) is 0. The number of benzene rings is 3. The second-order valence-electron chi connectivity index (χ2n) is 6.60. The summed E-state index contributed by atoms with van der Waals surface area (Å²) >= 11 is 3.43. The molecule has 0 fully saturated rings. The Bertz CT molecular complexity index is 1070. The Kier molecular flexibility index (Phi) is 9.06. The van der Waals surface area contributed by atoms with Gasteiger partial charge in [-0.2, -0.15) is 0 Å². The molecule has 0 aliphatic carbocycles. The van der Waals surface area contributed by atoms with Crippen LogP contribution >= 0.6 is 15.9 Å². The fourth-order valence-corrected chi connectivity index (χ4v) is 4.58. The first-order valence-corrected chi connectivity index (χ1v) is 11.5. The Morgan fingerprint density at radius 3 is 2.29 bits per heavy atom. The van der Waals surface area contributed by atoms with Crippen molar-refractivity contribution in [3.63, 3.8) is 0 Å². The summed E-state index contributed by atoms with van der Waals surface area (Å²) in [4.78, 5) is 0.147. The molecule has 3 aromatic rings. The Balaban J connectivity index is 0.00000341. The van der Waals surface area contributed by atoms with Crippen molar-refractivity contribution in [1.29, 1.82) is 0 Å². The van der Waals surface area contributed by atoms with Crippen LogP contribution in [0.15, 0.2) is 82.2 Å². The molecule has 0 heterocycles. The van der Waals surface area contributed by atoms with Crippen molar-refractivity contribution in [2.75, 3.05) is 19.0 Å². The number of aliphatic hydroxyl groups is 1. The summed E-state index contributed by atoms with van der Waals surface area (Å²) in [5.74, 6) is 0.713. The largest absolute Gasteiger partial charge is 0.497 e. The fraction of sp³-hybridized carbons (Fsp3) is 0.217. The molecule has 3 aromatic carbocycles. The quantitative estimate of drug-likeness (QED) is 0.390. The zero-order valence-corrected chi connectivity index (χ0v) is 18.8. The van der Waals surface area contributed by atoms with Crippen LogP contribution in [-0.2, 0) is 16.6 Å². The van der Waals surface area contributed by atoms with Crippen molar-refractivity contribution < 1.29 is 18.3 Å². The third kappa shape index (κ3) is 6.54. The summed E-state index contributed by atoms with van der Waals surface area (Å²) in [6.45, 7) is 0.0739. The minimum absolute atomic E-state index is 0. The number of halogens is 1.